The standard InChI is InChI=1S/C22H21NO5/c1-4-13(2)23-20(25)17-11-10-16(12-18(17)21(23)26)22(27)28-14(3)19(24)15-8-6-5-7-9-15/h5-14H,4H2,1-3H3/t13-,14-/m1/s1. The monoisotopic (exact) mass is 379 g/mol. The molecule has 0 radical (unpaired) electrons. The molecule has 3 rings (SSSR count). The number of nitrogens with zero attached hydrogens (tertiary/aromatic N) is 1. The number of ketones is 1. The molecule has 0 aromatic heterocycles. The minimum atomic E-state index is -0.975. The first-order valence-corrected chi connectivity index (χ1v) is 9.17. The highest BCUT2D eigenvalue weighted by Gasteiger charge is 2.38. The van der Waals surface area contributed by atoms with Gasteiger partial charge in [-0.1, -0.05) is 37.3 Å². The second-order valence-corrected chi connectivity index (χ2v) is 6.78. The van der Waals surface area contributed by atoms with Crippen LogP contribution >= 0.6 is 0 Å². The number of rotatable bonds is 6. The van der Waals surface area contributed by atoms with Gasteiger partial charge in [0, 0.05) is 11.6 Å². The lowest BCUT2D eigenvalue weighted by Crippen LogP contribution is -2.37. The molecule has 144 valence electrons. The molecule has 0 bridgehead atoms. The van der Waals surface area contributed by atoms with Crippen LogP contribution in [-0.4, -0.2) is 40.6 Å². The van der Waals surface area contributed by atoms with Crippen molar-refractivity contribution in [2.75, 3.05) is 0 Å². The van der Waals surface area contributed by atoms with Gasteiger partial charge in [-0.25, -0.2) is 4.79 Å². The van der Waals surface area contributed by atoms with Crippen molar-refractivity contribution in [3.63, 3.8) is 0 Å². The quantitative estimate of drug-likeness (QED) is 0.436. The van der Waals surface area contributed by atoms with Crippen molar-refractivity contribution in [3.8, 4) is 0 Å². The second-order valence-electron chi connectivity index (χ2n) is 6.78. The number of imide groups is 1. The molecule has 2 aromatic carbocycles. The number of benzene rings is 2. The third-order valence-corrected chi connectivity index (χ3v) is 4.90. The van der Waals surface area contributed by atoms with Gasteiger partial charge < -0.3 is 4.74 Å². The normalized spacial score (nSPS) is 15.2. The summed E-state index contributed by atoms with van der Waals surface area (Å²) in [7, 11) is 0. The van der Waals surface area contributed by atoms with Crippen molar-refractivity contribution >= 4 is 23.6 Å². The van der Waals surface area contributed by atoms with Crippen molar-refractivity contribution in [1.82, 2.24) is 4.90 Å². The van der Waals surface area contributed by atoms with Crippen molar-refractivity contribution in [3.05, 3.63) is 70.8 Å². The van der Waals surface area contributed by atoms with E-state index in [0.29, 0.717) is 12.0 Å². The van der Waals surface area contributed by atoms with Gasteiger partial charge in [-0.05, 0) is 38.5 Å². The molecule has 2 aromatic rings. The predicted octanol–water partition coefficient (Wildman–Crippen LogP) is 3.51. The predicted molar refractivity (Wildman–Crippen MR) is 102 cm³/mol. The third kappa shape index (κ3) is 3.45. The Bertz CT molecular complexity index is 951. The summed E-state index contributed by atoms with van der Waals surface area (Å²) in [6.07, 6.45) is -0.337. The third-order valence-electron chi connectivity index (χ3n) is 4.90. The Balaban J connectivity index is 1.78. The van der Waals surface area contributed by atoms with Gasteiger partial charge in [0.15, 0.2) is 6.10 Å². The van der Waals surface area contributed by atoms with E-state index in [1.807, 2.05) is 6.92 Å². The lowest BCUT2D eigenvalue weighted by Gasteiger charge is -2.20. The van der Waals surface area contributed by atoms with Crippen LogP contribution < -0.4 is 0 Å². The maximum Gasteiger partial charge on any atom is 0.338 e. The van der Waals surface area contributed by atoms with Crippen LogP contribution in [0.3, 0.4) is 0 Å². The fraction of sp³-hybridized carbons (Fsp3) is 0.273. The van der Waals surface area contributed by atoms with Crippen LogP contribution in [0.15, 0.2) is 48.5 Å². The molecule has 2 amide bonds. The molecule has 1 heterocycles. The summed E-state index contributed by atoms with van der Waals surface area (Å²) >= 11 is 0. The lowest BCUT2D eigenvalue weighted by molar-refractivity contribution is 0.0318. The number of fused-ring (bicyclic) bond motifs is 1. The molecule has 6 nitrogen and oxygen atoms in total. The maximum absolute atomic E-state index is 12.6. The summed E-state index contributed by atoms with van der Waals surface area (Å²) in [5.41, 5.74) is 1.03. The molecule has 0 aliphatic carbocycles. The van der Waals surface area contributed by atoms with Crippen LogP contribution in [0.5, 0.6) is 0 Å². The van der Waals surface area contributed by atoms with Gasteiger partial charge in [0.2, 0.25) is 5.78 Å². The van der Waals surface area contributed by atoms with Crippen molar-refractivity contribution in [2.24, 2.45) is 0 Å². The molecule has 6 heteroatoms. The first-order valence-electron chi connectivity index (χ1n) is 9.17. The van der Waals surface area contributed by atoms with Crippen LogP contribution in [-0.2, 0) is 4.74 Å². The number of hydrogen-bond donors (Lipinski definition) is 0. The van der Waals surface area contributed by atoms with E-state index in [1.165, 1.54) is 30.0 Å². The van der Waals surface area contributed by atoms with E-state index in [0.717, 1.165) is 0 Å². The van der Waals surface area contributed by atoms with Gasteiger partial charge in [-0.2, -0.15) is 0 Å². The second kappa shape index (κ2) is 7.76. The largest absolute Gasteiger partial charge is 0.451 e. The molecule has 0 unspecified atom stereocenters. The number of carbonyl (C=O) groups is 4. The number of Topliss-reactive ketones (excluding diaryl/α,β-unsaturated/α-hetero) is 1. The minimum absolute atomic E-state index is 0.124. The molecule has 28 heavy (non-hydrogen) atoms. The van der Waals surface area contributed by atoms with Crippen molar-refractivity contribution in [2.45, 2.75) is 39.3 Å². The number of ether oxygens (including phenoxy) is 1. The van der Waals surface area contributed by atoms with E-state index in [2.05, 4.69) is 0 Å². The number of carbonyl (C=O) groups excluding carboxylic acids is 4. The van der Waals surface area contributed by atoms with Crippen LogP contribution in [0.1, 0.15) is 68.6 Å². The first kappa shape index (κ1) is 19.5. The van der Waals surface area contributed by atoms with Crippen LogP contribution in [0.25, 0.3) is 0 Å². The van der Waals surface area contributed by atoms with Crippen LogP contribution in [0.2, 0.25) is 0 Å². The zero-order valence-corrected chi connectivity index (χ0v) is 16.0. The molecular formula is C22H21NO5. The average Bonchev–Trinajstić information content (AvgIpc) is 2.97. The summed E-state index contributed by atoms with van der Waals surface area (Å²) in [6, 6.07) is 12.6. The van der Waals surface area contributed by atoms with Gasteiger partial charge in [0.1, 0.15) is 0 Å². The van der Waals surface area contributed by atoms with Crippen molar-refractivity contribution < 1.29 is 23.9 Å². The van der Waals surface area contributed by atoms with Gasteiger partial charge >= 0.3 is 5.97 Å². The van der Waals surface area contributed by atoms with E-state index in [9.17, 15) is 19.2 Å². The molecular weight excluding hydrogens is 358 g/mol. The zero-order valence-electron chi connectivity index (χ0n) is 16.0. The molecule has 0 saturated carbocycles. The molecule has 1 aliphatic heterocycles. The number of amides is 2. The first-order chi connectivity index (χ1) is 13.3. The Morgan fingerprint density at radius 1 is 0.929 bits per heavy atom. The van der Waals surface area contributed by atoms with Crippen molar-refractivity contribution in [1.29, 1.82) is 0 Å². The van der Waals surface area contributed by atoms with Crippen LogP contribution in [0.4, 0.5) is 0 Å². The molecule has 1 aliphatic rings. The topological polar surface area (TPSA) is 80.8 Å². The molecule has 0 spiro atoms. The van der Waals surface area contributed by atoms with Crippen LogP contribution in [0, 0.1) is 0 Å². The average molecular weight is 379 g/mol. The summed E-state index contributed by atoms with van der Waals surface area (Å²) in [5.74, 6) is -1.81. The van der Waals surface area contributed by atoms with E-state index in [4.69, 9.17) is 4.74 Å². The fourth-order valence-corrected chi connectivity index (χ4v) is 3.09. The van der Waals surface area contributed by atoms with E-state index in [-0.39, 0.29) is 34.4 Å². The Morgan fingerprint density at radius 3 is 2.21 bits per heavy atom. The fourth-order valence-electron chi connectivity index (χ4n) is 3.09. The van der Waals surface area contributed by atoms with E-state index >= 15 is 0 Å². The minimum Gasteiger partial charge on any atom is -0.451 e. The summed E-state index contributed by atoms with van der Waals surface area (Å²) in [4.78, 5) is 51.1. The summed E-state index contributed by atoms with van der Waals surface area (Å²) in [6.45, 7) is 5.19. The van der Waals surface area contributed by atoms with Gasteiger partial charge in [0.25, 0.3) is 11.8 Å². The zero-order chi connectivity index (χ0) is 20.4. The molecule has 0 N–H and O–H groups in total. The highest BCUT2D eigenvalue weighted by atomic mass is 16.5. The van der Waals surface area contributed by atoms with E-state index < -0.39 is 18.0 Å². The number of esters is 1. The molecule has 2 atom stereocenters. The van der Waals surface area contributed by atoms with E-state index in [1.54, 1.807) is 37.3 Å². The van der Waals surface area contributed by atoms with Gasteiger partial charge in [-0.3, -0.25) is 19.3 Å². The summed E-state index contributed by atoms with van der Waals surface area (Å²) < 4.78 is 5.27. The maximum atomic E-state index is 12.6. The smallest absolute Gasteiger partial charge is 0.338 e. The highest BCUT2D eigenvalue weighted by molar-refractivity contribution is 6.22. The Hall–Kier alpha value is -3.28. The molecule has 0 fully saturated rings. The lowest BCUT2D eigenvalue weighted by atomic mass is 10.1. The Morgan fingerprint density at radius 2 is 1.57 bits per heavy atom. The summed E-state index contributed by atoms with van der Waals surface area (Å²) in [5, 5.41) is 0. The van der Waals surface area contributed by atoms with Gasteiger partial charge in [-0.15, -0.1) is 0 Å². The number of hydrogen-bond acceptors (Lipinski definition) is 5. The molecule has 0 saturated heterocycles. The highest BCUT2D eigenvalue weighted by Crippen LogP contribution is 2.27. The Labute approximate surface area is 163 Å². The Kier molecular flexibility index (Phi) is 5.40. The van der Waals surface area contributed by atoms with Gasteiger partial charge in [0.05, 0.1) is 16.7 Å². The SMILES string of the molecule is CC[C@@H](C)N1C(=O)c2ccc(C(=O)O[C@H](C)C(=O)c3ccccc3)cc2C1=O.